The Hall–Kier alpha value is -1.52. The fourth-order valence-electron chi connectivity index (χ4n) is 1.70. The summed E-state index contributed by atoms with van der Waals surface area (Å²) in [6, 6.07) is 4.00. The molecule has 0 atom stereocenters. The van der Waals surface area contributed by atoms with Gasteiger partial charge in [-0.3, -0.25) is 4.79 Å². The van der Waals surface area contributed by atoms with Crippen molar-refractivity contribution in [2.45, 2.75) is 0 Å². The lowest BCUT2D eigenvalue weighted by Gasteiger charge is -2.09. The van der Waals surface area contributed by atoms with Crippen molar-refractivity contribution in [3.63, 3.8) is 0 Å². The van der Waals surface area contributed by atoms with Gasteiger partial charge >= 0.3 is 5.97 Å². The van der Waals surface area contributed by atoms with Crippen molar-refractivity contribution in [3.05, 3.63) is 44.2 Å². The number of pyridine rings is 1. The molecule has 0 aliphatic rings. The van der Waals surface area contributed by atoms with Crippen molar-refractivity contribution in [1.82, 2.24) is 4.57 Å². The van der Waals surface area contributed by atoms with Crippen molar-refractivity contribution in [2.24, 2.45) is 7.05 Å². The van der Waals surface area contributed by atoms with Gasteiger partial charge in [-0.15, -0.1) is 0 Å². The Morgan fingerprint density at radius 2 is 1.94 bits per heavy atom. The Bertz CT molecular complexity index is 691. The van der Waals surface area contributed by atoms with Gasteiger partial charge in [-0.1, -0.05) is 23.2 Å². The summed E-state index contributed by atoms with van der Waals surface area (Å²) in [4.78, 5) is 22.7. The molecule has 4 nitrogen and oxygen atoms in total. The summed E-state index contributed by atoms with van der Waals surface area (Å²) >= 11 is 11.8. The zero-order valence-electron chi connectivity index (χ0n) is 8.70. The van der Waals surface area contributed by atoms with E-state index in [2.05, 4.69) is 0 Å². The third kappa shape index (κ3) is 1.90. The third-order valence-corrected chi connectivity index (χ3v) is 2.99. The first-order valence-electron chi connectivity index (χ1n) is 4.64. The van der Waals surface area contributed by atoms with Crippen LogP contribution in [-0.2, 0) is 7.05 Å². The second kappa shape index (κ2) is 4.05. The van der Waals surface area contributed by atoms with Crippen LogP contribution in [0.4, 0.5) is 0 Å². The van der Waals surface area contributed by atoms with E-state index >= 15 is 0 Å². The summed E-state index contributed by atoms with van der Waals surface area (Å²) in [5, 5.41) is 9.96. The molecular formula is C11H7Cl2NO3. The van der Waals surface area contributed by atoms with E-state index in [0.717, 1.165) is 6.07 Å². The van der Waals surface area contributed by atoms with Gasteiger partial charge in [0.05, 0.1) is 16.1 Å². The van der Waals surface area contributed by atoms with Crippen LogP contribution in [0.3, 0.4) is 0 Å². The molecule has 2 aromatic rings. The van der Waals surface area contributed by atoms with Crippen molar-refractivity contribution in [2.75, 3.05) is 0 Å². The number of aromatic carboxylic acids is 1. The molecule has 0 aliphatic heterocycles. The molecule has 6 heteroatoms. The van der Waals surface area contributed by atoms with Gasteiger partial charge in [0.2, 0.25) is 0 Å². The van der Waals surface area contributed by atoms with Gasteiger partial charge in [0.25, 0.3) is 5.56 Å². The fraction of sp³-hybridized carbons (Fsp3) is 0.0909. The van der Waals surface area contributed by atoms with Gasteiger partial charge < -0.3 is 9.67 Å². The molecule has 17 heavy (non-hydrogen) atoms. The molecule has 0 fully saturated rings. The summed E-state index contributed by atoms with van der Waals surface area (Å²) in [6.45, 7) is 0. The minimum Gasteiger partial charge on any atom is -0.478 e. The van der Waals surface area contributed by atoms with Crippen LogP contribution in [-0.4, -0.2) is 15.6 Å². The molecule has 1 aromatic carbocycles. The lowest BCUT2D eigenvalue weighted by molar-refractivity contribution is 0.0699. The molecule has 0 saturated carbocycles. The Labute approximate surface area is 106 Å². The Balaban J connectivity index is 3.09. The molecular weight excluding hydrogens is 265 g/mol. The predicted octanol–water partition coefficient (Wildman–Crippen LogP) is 2.54. The molecule has 0 aliphatic carbocycles. The topological polar surface area (TPSA) is 59.3 Å². The minimum absolute atomic E-state index is 0.104. The molecule has 2 rings (SSSR count). The lowest BCUT2D eigenvalue weighted by Crippen LogP contribution is -2.19. The van der Waals surface area contributed by atoms with Crippen molar-refractivity contribution < 1.29 is 9.90 Å². The maximum Gasteiger partial charge on any atom is 0.336 e. The SMILES string of the molecule is Cn1c(=O)cc(C(=O)O)c2cc(Cl)cc(Cl)c21. The average molecular weight is 272 g/mol. The number of aryl methyl sites for hydroxylation is 1. The number of carboxylic acids is 1. The van der Waals surface area contributed by atoms with Gasteiger partial charge in [0, 0.05) is 23.5 Å². The summed E-state index contributed by atoms with van der Waals surface area (Å²) in [5.74, 6) is -1.19. The van der Waals surface area contributed by atoms with Crippen LogP contribution >= 0.6 is 23.2 Å². The number of carboxylic acid groups (broad SMARTS) is 1. The summed E-state index contributed by atoms with van der Waals surface area (Å²) < 4.78 is 1.29. The molecule has 0 unspecified atom stereocenters. The van der Waals surface area contributed by atoms with E-state index in [1.165, 1.54) is 23.7 Å². The zero-order valence-corrected chi connectivity index (χ0v) is 10.2. The number of rotatable bonds is 1. The van der Waals surface area contributed by atoms with Gasteiger partial charge in [0.15, 0.2) is 0 Å². The van der Waals surface area contributed by atoms with Crippen LogP contribution in [0.25, 0.3) is 10.9 Å². The van der Waals surface area contributed by atoms with E-state index < -0.39 is 11.5 Å². The molecule has 0 amide bonds. The molecule has 1 heterocycles. The van der Waals surface area contributed by atoms with E-state index in [9.17, 15) is 9.59 Å². The molecule has 0 spiro atoms. The second-order valence-electron chi connectivity index (χ2n) is 3.54. The lowest BCUT2D eigenvalue weighted by atomic mass is 10.1. The van der Waals surface area contributed by atoms with Crippen molar-refractivity contribution in [1.29, 1.82) is 0 Å². The summed E-state index contributed by atoms with van der Waals surface area (Å²) in [7, 11) is 1.52. The van der Waals surface area contributed by atoms with E-state index in [1.54, 1.807) is 0 Å². The largest absolute Gasteiger partial charge is 0.478 e. The molecule has 1 N–H and O–H groups in total. The van der Waals surface area contributed by atoms with Gasteiger partial charge in [-0.2, -0.15) is 0 Å². The standard InChI is InChI=1S/C11H7Cl2NO3/c1-14-9(15)4-7(11(16)17)6-2-5(12)3-8(13)10(6)14/h2-4H,1H3,(H,16,17). The molecule has 0 bridgehead atoms. The number of nitrogens with zero attached hydrogens (tertiary/aromatic N) is 1. The van der Waals surface area contributed by atoms with E-state index in [-0.39, 0.29) is 10.6 Å². The maximum absolute atomic E-state index is 11.6. The zero-order chi connectivity index (χ0) is 12.7. The average Bonchev–Trinajstić information content (AvgIpc) is 2.21. The fourth-order valence-corrected chi connectivity index (χ4v) is 2.32. The van der Waals surface area contributed by atoms with Crippen LogP contribution in [0.1, 0.15) is 10.4 Å². The third-order valence-electron chi connectivity index (χ3n) is 2.48. The van der Waals surface area contributed by atoms with Crippen LogP contribution < -0.4 is 5.56 Å². The van der Waals surface area contributed by atoms with E-state index in [1.807, 2.05) is 0 Å². The van der Waals surface area contributed by atoms with Crippen LogP contribution in [0, 0.1) is 0 Å². The quantitative estimate of drug-likeness (QED) is 0.867. The van der Waals surface area contributed by atoms with Crippen LogP contribution in [0.5, 0.6) is 0 Å². The van der Waals surface area contributed by atoms with Crippen LogP contribution in [0.15, 0.2) is 23.0 Å². The second-order valence-corrected chi connectivity index (χ2v) is 4.39. The summed E-state index contributed by atoms with van der Waals surface area (Å²) in [5.41, 5.74) is -0.174. The molecule has 0 saturated heterocycles. The maximum atomic E-state index is 11.6. The number of hydrogen-bond acceptors (Lipinski definition) is 2. The molecule has 0 radical (unpaired) electrons. The normalized spacial score (nSPS) is 10.8. The van der Waals surface area contributed by atoms with Crippen LogP contribution in [0.2, 0.25) is 10.0 Å². The number of fused-ring (bicyclic) bond motifs is 1. The monoisotopic (exact) mass is 271 g/mol. The highest BCUT2D eigenvalue weighted by atomic mass is 35.5. The van der Waals surface area contributed by atoms with Gasteiger partial charge in [-0.25, -0.2) is 4.79 Å². The van der Waals surface area contributed by atoms with Gasteiger partial charge in [-0.05, 0) is 12.1 Å². The van der Waals surface area contributed by atoms with Gasteiger partial charge in [0.1, 0.15) is 0 Å². The highest BCUT2D eigenvalue weighted by molar-refractivity contribution is 6.38. The van der Waals surface area contributed by atoms with E-state index in [4.69, 9.17) is 28.3 Å². The number of hydrogen-bond donors (Lipinski definition) is 1. The molecule has 88 valence electrons. The smallest absolute Gasteiger partial charge is 0.336 e. The number of halogens is 2. The van der Waals surface area contributed by atoms with E-state index in [0.29, 0.717) is 15.9 Å². The number of carbonyl (C=O) groups is 1. The van der Waals surface area contributed by atoms with Crippen molar-refractivity contribution in [3.8, 4) is 0 Å². The Morgan fingerprint density at radius 1 is 1.29 bits per heavy atom. The predicted molar refractivity (Wildman–Crippen MR) is 66.2 cm³/mol. The Kier molecular flexibility index (Phi) is 2.85. The van der Waals surface area contributed by atoms with Crippen molar-refractivity contribution >= 4 is 40.1 Å². The highest BCUT2D eigenvalue weighted by Gasteiger charge is 2.15. The Morgan fingerprint density at radius 3 is 2.53 bits per heavy atom. The first-order chi connectivity index (χ1) is 7.91. The molecule has 1 aromatic heterocycles. The number of benzene rings is 1. The summed E-state index contributed by atoms with van der Waals surface area (Å²) in [6.07, 6.45) is 0. The minimum atomic E-state index is -1.19. The number of aromatic nitrogens is 1. The highest BCUT2D eigenvalue weighted by Crippen LogP contribution is 2.28. The first-order valence-corrected chi connectivity index (χ1v) is 5.39. The first kappa shape index (κ1) is 12.0.